The number of hydrogen-bond acceptors (Lipinski definition) is 2. The van der Waals surface area contributed by atoms with Crippen LogP contribution in [0.2, 0.25) is 0 Å². The predicted octanol–water partition coefficient (Wildman–Crippen LogP) is 8.94. The Morgan fingerprint density at radius 1 is 0.917 bits per heavy atom. The molecule has 0 saturated carbocycles. The van der Waals surface area contributed by atoms with Gasteiger partial charge in [0.15, 0.2) is 0 Å². The first kappa shape index (κ1) is 26.6. The van der Waals surface area contributed by atoms with Crippen LogP contribution < -0.4 is 9.80 Å². The quantitative estimate of drug-likeness (QED) is 0.283. The number of para-hydroxylation sites is 2. The summed E-state index contributed by atoms with van der Waals surface area (Å²) in [5, 5.41) is 0. The number of nitrogens with zero attached hydrogens (tertiary/aromatic N) is 2. The van der Waals surface area contributed by atoms with Crippen LogP contribution in [0.5, 0.6) is 0 Å². The molecule has 36 heavy (non-hydrogen) atoms. The minimum absolute atomic E-state index is 0.169. The van der Waals surface area contributed by atoms with E-state index in [1.807, 2.05) is 12.2 Å². The van der Waals surface area contributed by atoms with E-state index in [4.69, 9.17) is 0 Å². The fourth-order valence-electron chi connectivity index (χ4n) is 4.15. The highest BCUT2D eigenvalue weighted by Crippen LogP contribution is 2.27. The molecular weight excluding hydrogens is 436 g/mol. The Bertz CT molecular complexity index is 1140. The van der Waals surface area contributed by atoms with Crippen LogP contribution in [0, 0.1) is 0 Å². The molecule has 0 saturated heterocycles. The lowest BCUT2D eigenvalue weighted by atomic mass is 10.1. The first-order chi connectivity index (χ1) is 17.7. The second-order valence-electron chi connectivity index (χ2n) is 8.51. The van der Waals surface area contributed by atoms with E-state index in [1.165, 1.54) is 22.8 Å². The Labute approximate surface area is 218 Å². The summed E-state index contributed by atoms with van der Waals surface area (Å²) in [6, 6.07) is 21.4. The van der Waals surface area contributed by atoms with Crippen LogP contribution >= 0.6 is 0 Å². The van der Waals surface area contributed by atoms with Gasteiger partial charge in [-0.1, -0.05) is 117 Å². The van der Waals surface area contributed by atoms with E-state index in [2.05, 4.69) is 152 Å². The number of anilines is 2. The van der Waals surface area contributed by atoms with E-state index >= 15 is 0 Å². The van der Waals surface area contributed by atoms with E-state index in [0.717, 1.165) is 19.4 Å². The van der Waals surface area contributed by atoms with Crippen molar-refractivity contribution in [3.63, 3.8) is 0 Å². The average Bonchev–Trinajstić information content (AvgIpc) is 3.20. The number of rotatable bonds is 12. The molecule has 2 aromatic carbocycles. The van der Waals surface area contributed by atoms with Gasteiger partial charge in [0, 0.05) is 41.8 Å². The summed E-state index contributed by atoms with van der Waals surface area (Å²) in [4.78, 5) is 4.78. The Kier molecular flexibility index (Phi) is 11.1. The molecule has 1 unspecified atom stereocenters. The Morgan fingerprint density at radius 3 is 2.33 bits per heavy atom. The second kappa shape index (κ2) is 15.1. The Balaban J connectivity index is 1.92. The third kappa shape index (κ3) is 8.02. The summed E-state index contributed by atoms with van der Waals surface area (Å²) in [5.74, 6) is 0. The zero-order chi connectivity index (χ0) is 25.4. The first-order valence-electron chi connectivity index (χ1n) is 12.8. The average molecular weight is 475 g/mol. The summed E-state index contributed by atoms with van der Waals surface area (Å²) in [7, 11) is 0. The van der Waals surface area contributed by atoms with E-state index in [0.29, 0.717) is 0 Å². The highest BCUT2D eigenvalue weighted by Gasteiger charge is 2.17. The van der Waals surface area contributed by atoms with Gasteiger partial charge in [-0.25, -0.2) is 0 Å². The smallest absolute Gasteiger partial charge is 0.0494 e. The minimum atomic E-state index is 0.169. The molecular formula is C34H38N2. The lowest BCUT2D eigenvalue weighted by molar-refractivity contribution is 0.802. The molecule has 0 bridgehead atoms. The van der Waals surface area contributed by atoms with Crippen molar-refractivity contribution in [3.8, 4) is 0 Å². The fraction of sp³-hybridized carbons (Fsp3) is 0.176. The topological polar surface area (TPSA) is 6.48 Å². The fourth-order valence-corrected chi connectivity index (χ4v) is 4.15. The molecule has 3 rings (SSSR count). The maximum atomic E-state index is 3.74. The summed E-state index contributed by atoms with van der Waals surface area (Å²) in [5.41, 5.74) is 4.84. The highest BCUT2D eigenvalue weighted by atomic mass is 15.2. The number of hydrogen-bond donors (Lipinski definition) is 0. The molecule has 2 aromatic rings. The van der Waals surface area contributed by atoms with Crippen LogP contribution in [0.25, 0.3) is 0 Å². The molecule has 0 fully saturated rings. The summed E-state index contributed by atoms with van der Waals surface area (Å²) >= 11 is 0. The molecule has 0 aromatic heterocycles. The largest absolute Gasteiger partial charge is 0.338 e. The van der Waals surface area contributed by atoms with Gasteiger partial charge in [-0.15, -0.1) is 0 Å². The molecule has 1 aliphatic carbocycles. The van der Waals surface area contributed by atoms with Gasteiger partial charge in [-0.3, -0.25) is 0 Å². The van der Waals surface area contributed by atoms with E-state index in [9.17, 15) is 0 Å². The summed E-state index contributed by atoms with van der Waals surface area (Å²) in [6.45, 7) is 8.97. The van der Waals surface area contributed by atoms with Gasteiger partial charge in [-0.05, 0) is 49.8 Å². The molecule has 0 amide bonds. The van der Waals surface area contributed by atoms with Gasteiger partial charge in [0.05, 0.1) is 0 Å². The standard InChI is InChI=1S/C34H38N2/c1-4-6-7-10-19-29-35(32-21-15-11-16-22-32)31(20-5-2)28-27-30(3)36(34-25-17-12-18-26-34)33-23-13-8-9-14-24-33/h4,6-23,25-28,30H,1,5,24,29H2,2-3H3/b7-6-,19-10-,28-27-,31-20+. The lowest BCUT2D eigenvalue weighted by Gasteiger charge is -2.32. The first-order valence-corrected chi connectivity index (χ1v) is 12.8. The molecule has 2 nitrogen and oxygen atoms in total. The maximum absolute atomic E-state index is 3.74. The van der Waals surface area contributed by atoms with Crippen molar-refractivity contribution in [2.75, 3.05) is 16.3 Å². The molecule has 0 radical (unpaired) electrons. The molecule has 0 spiro atoms. The van der Waals surface area contributed by atoms with Crippen molar-refractivity contribution in [3.05, 3.63) is 158 Å². The van der Waals surface area contributed by atoms with Gasteiger partial charge < -0.3 is 9.80 Å². The highest BCUT2D eigenvalue weighted by molar-refractivity contribution is 5.58. The number of benzene rings is 2. The van der Waals surface area contributed by atoms with Crippen molar-refractivity contribution < 1.29 is 0 Å². The maximum Gasteiger partial charge on any atom is 0.0494 e. The zero-order valence-electron chi connectivity index (χ0n) is 21.6. The molecule has 2 heteroatoms. The SMILES string of the molecule is C=C/C=C\C=C/CN(C(/C=C\C(C)N(C1=CC=CC=CC1)c1ccccc1)=C/CC)c1ccccc1. The normalized spacial score (nSPS) is 14.8. The number of allylic oxidation sites excluding steroid dienone is 11. The van der Waals surface area contributed by atoms with Crippen molar-refractivity contribution in [2.24, 2.45) is 0 Å². The van der Waals surface area contributed by atoms with Crippen molar-refractivity contribution in [2.45, 2.75) is 32.7 Å². The monoisotopic (exact) mass is 474 g/mol. The predicted molar refractivity (Wildman–Crippen MR) is 159 cm³/mol. The Hall–Kier alpha value is -4.04. The van der Waals surface area contributed by atoms with Crippen LogP contribution in [-0.2, 0) is 0 Å². The van der Waals surface area contributed by atoms with Crippen molar-refractivity contribution in [1.29, 1.82) is 0 Å². The van der Waals surface area contributed by atoms with E-state index in [-0.39, 0.29) is 6.04 Å². The molecule has 0 aliphatic heterocycles. The van der Waals surface area contributed by atoms with Crippen LogP contribution in [0.3, 0.4) is 0 Å². The minimum Gasteiger partial charge on any atom is -0.338 e. The van der Waals surface area contributed by atoms with Crippen molar-refractivity contribution in [1.82, 2.24) is 0 Å². The second-order valence-corrected chi connectivity index (χ2v) is 8.51. The van der Waals surface area contributed by atoms with Gasteiger partial charge >= 0.3 is 0 Å². The zero-order valence-corrected chi connectivity index (χ0v) is 21.6. The van der Waals surface area contributed by atoms with Gasteiger partial charge in [0.2, 0.25) is 0 Å². The van der Waals surface area contributed by atoms with Gasteiger partial charge in [0.25, 0.3) is 0 Å². The third-order valence-electron chi connectivity index (χ3n) is 5.85. The van der Waals surface area contributed by atoms with Crippen LogP contribution in [0.4, 0.5) is 11.4 Å². The van der Waals surface area contributed by atoms with Crippen LogP contribution in [0.1, 0.15) is 26.7 Å². The van der Waals surface area contributed by atoms with Gasteiger partial charge in [0.1, 0.15) is 0 Å². The summed E-state index contributed by atoms with van der Waals surface area (Å²) in [6.07, 6.45) is 29.5. The van der Waals surface area contributed by atoms with E-state index in [1.54, 1.807) is 6.08 Å². The molecule has 1 atom stereocenters. The van der Waals surface area contributed by atoms with E-state index < -0.39 is 0 Å². The molecule has 0 N–H and O–H groups in total. The molecule has 184 valence electrons. The Morgan fingerprint density at radius 2 is 1.64 bits per heavy atom. The van der Waals surface area contributed by atoms with Crippen LogP contribution in [-0.4, -0.2) is 12.6 Å². The van der Waals surface area contributed by atoms with Crippen LogP contribution in [0.15, 0.2) is 158 Å². The van der Waals surface area contributed by atoms with Gasteiger partial charge in [-0.2, -0.15) is 0 Å². The third-order valence-corrected chi connectivity index (χ3v) is 5.85. The lowest BCUT2D eigenvalue weighted by Crippen LogP contribution is -2.31. The molecule has 1 aliphatic rings. The molecule has 0 heterocycles. The summed E-state index contributed by atoms with van der Waals surface area (Å²) < 4.78 is 0. The van der Waals surface area contributed by atoms with Crippen molar-refractivity contribution >= 4 is 11.4 Å².